The molecule has 0 saturated heterocycles. The number of nitrogens with zero attached hydrogens (tertiary/aromatic N) is 2. The first-order valence-corrected chi connectivity index (χ1v) is 12.2. The van der Waals surface area contributed by atoms with Crippen molar-refractivity contribution in [1.29, 1.82) is 0 Å². The van der Waals surface area contributed by atoms with E-state index < -0.39 is 0 Å². The molecule has 1 saturated carbocycles. The molecule has 1 fully saturated rings. The lowest BCUT2D eigenvalue weighted by Crippen LogP contribution is -2.27. The molecule has 7 nitrogen and oxygen atoms in total. The topological polar surface area (TPSA) is 93.1 Å². The Morgan fingerprint density at radius 1 is 1.12 bits per heavy atom. The number of nitrogens with one attached hydrogen (secondary N) is 2. The number of aromatic nitrogens is 2. The summed E-state index contributed by atoms with van der Waals surface area (Å²) in [5.41, 5.74) is 1.45. The van der Waals surface area contributed by atoms with E-state index in [4.69, 9.17) is 0 Å². The summed E-state index contributed by atoms with van der Waals surface area (Å²) >= 11 is 1.23. The molecule has 0 bridgehead atoms. The number of hydrogen-bond acceptors (Lipinski definition) is 5. The number of anilines is 1. The second-order valence-corrected chi connectivity index (χ2v) is 9.62. The quantitative estimate of drug-likeness (QED) is 0.368. The van der Waals surface area contributed by atoms with Crippen LogP contribution in [0.25, 0.3) is 10.9 Å². The van der Waals surface area contributed by atoms with Gasteiger partial charge in [-0.05, 0) is 49.4 Å². The van der Waals surface area contributed by atoms with Crippen LogP contribution in [0.15, 0.2) is 58.5 Å². The summed E-state index contributed by atoms with van der Waals surface area (Å²) < 4.78 is 1.66. The van der Waals surface area contributed by atoms with Crippen LogP contribution < -0.4 is 16.2 Å². The number of thioether (sulfide) groups is 1. The molecule has 3 aromatic rings. The van der Waals surface area contributed by atoms with Gasteiger partial charge in [0.25, 0.3) is 11.5 Å². The van der Waals surface area contributed by atoms with Crippen molar-refractivity contribution >= 4 is 40.2 Å². The Hall–Kier alpha value is -3.13. The van der Waals surface area contributed by atoms with Crippen LogP contribution in [-0.4, -0.2) is 33.2 Å². The van der Waals surface area contributed by atoms with Gasteiger partial charge in [-0.25, -0.2) is 4.98 Å². The third kappa shape index (κ3) is 5.82. The number of amides is 2. The molecular formula is C25H28N4O3S. The molecule has 172 valence electrons. The van der Waals surface area contributed by atoms with Crippen LogP contribution in [0.5, 0.6) is 0 Å². The van der Waals surface area contributed by atoms with E-state index in [-0.39, 0.29) is 29.2 Å². The normalized spacial score (nSPS) is 13.3. The van der Waals surface area contributed by atoms with Gasteiger partial charge in [-0.2, -0.15) is 0 Å². The van der Waals surface area contributed by atoms with Crippen LogP contribution in [0.1, 0.15) is 43.5 Å². The van der Waals surface area contributed by atoms with Gasteiger partial charge in [0.2, 0.25) is 5.91 Å². The fraction of sp³-hybridized carbons (Fsp3) is 0.360. The predicted molar refractivity (Wildman–Crippen MR) is 132 cm³/mol. The van der Waals surface area contributed by atoms with Crippen LogP contribution in [0.2, 0.25) is 0 Å². The summed E-state index contributed by atoms with van der Waals surface area (Å²) in [7, 11) is 0. The molecule has 0 radical (unpaired) electrons. The molecule has 1 aliphatic rings. The first kappa shape index (κ1) is 23.0. The molecule has 2 amide bonds. The number of para-hydroxylation sites is 2. The van der Waals surface area contributed by atoms with Crippen molar-refractivity contribution in [3.05, 3.63) is 64.4 Å². The second-order valence-electron chi connectivity index (χ2n) is 8.68. The molecule has 4 rings (SSSR count). The minimum absolute atomic E-state index is 0.0744. The zero-order valence-electron chi connectivity index (χ0n) is 18.8. The highest BCUT2D eigenvalue weighted by Gasteiger charge is 2.25. The van der Waals surface area contributed by atoms with E-state index in [1.165, 1.54) is 11.8 Å². The van der Waals surface area contributed by atoms with Crippen LogP contribution >= 0.6 is 11.8 Å². The molecule has 1 heterocycles. The SMILES string of the molecule is CC(C)CCn1c(SCC(=O)Nc2ccccc2C(=O)NC2CC2)nc2ccccc2c1=O. The number of carbonyl (C=O) groups excluding carboxylic acids is 2. The Balaban J connectivity index is 1.50. The molecule has 2 N–H and O–H groups in total. The van der Waals surface area contributed by atoms with Crippen LogP contribution in [0.3, 0.4) is 0 Å². The monoisotopic (exact) mass is 464 g/mol. The zero-order valence-corrected chi connectivity index (χ0v) is 19.7. The smallest absolute Gasteiger partial charge is 0.262 e. The maximum Gasteiger partial charge on any atom is 0.262 e. The second kappa shape index (κ2) is 10.2. The van der Waals surface area contributed by atoms with E-state index in [1.807, 2.05) is 18.2 Å². The fourth-order valence-corrected chi connectivity index (χ4v) is 4.26. The van der Waals surface area contributed by atoms with Crippen molar-refractivity contribution in [1.82, 2.24) is 14.9 Å². The Labute approximate surface area is 197 Å². The number of benzene rings is 2. The summed E-state index contributed by atoms with van der Waals surface area (Å²) in [5, 5.41) is 6.89. The Morgan fingerprint density at radius 3 is 2.61 bits per heavy atom. The van der Waals surface area contributed by atoms with Crippen molar-refractivity contribution in [3.8, 4) is 0 Å². The van der Waals surface area contributed by atoms with Gasteiger partial charge < -0.3 is 10.6 Å². The van der Waals surface area contributed by atoms with E-state index in [1.54, 1.807) is 34.9 Å². The van der Waals surface area contributed by atoms with Crippen molar-refractivity contribution in [2.45, 2.75) is 50.9 Å². The molecule has 8 heteroatoms. The third-order valence-electron chi connectivity index (χ3n) is 5.45. The highest BCUT2D eigenvalue weighted by atomic mass is 32.2. The number of rotatable bonds is 9. The van der Waals surface area contributed by atoms with Gasteiger partial charge in [0.15, 0.2) is 5.16 Å². The summed E-state index contributed by atoms with van der Waals surface area (Å²) in [6.45, 7) is 4.76. The van der Waals surface area contributed by atoms with Crippen molar-refractivity contribution in [2.24, 2.45) is 5.92 Å². The molecule has 0 aliphatic heterocycles. The van der Waals surface area contributed by atoms with Crippen LogP contribution in [0.4, 0.5) is 5.69 Å². The van der Waals surface area contributed by atoms with Crippen LogP contribution in [0, 0.1) is 5.92 Å². The van der Waals surface area contributed by atoms with Gasteiger partial charge in [0, 0.05) is 12.6 Å². The fourth-order valence-electron chi connectivity index (χ4n) is 3.44. The van der Waals surface area contributed by atoms with E-state index in [2.05, 4.69) is 29.5 Å². The summed E-state index contributed by atoms with van der Waals surface area (Å²) in [4.78, 5) is 43.0. The minimum atomic E-state index is -0.260. The number of carbonyl (C=O) groups is 2. The van der Waals surface area contributed by atoms with Gasteiger partial charge >= 0.3 is 0 Å². The number of hydrogen-bond donors (Lipinski definition) is 2. The van der Waals surface area contributed by atoms with Crippen molar-refractivity contribution in [3.63, 3.8) is 0 Å². The number of fused-ring (bicyclic) bond motifs is 1. The van der Waals surface area contributed by atoms with Gasteiger partial charge in [-0.3, -0.25) is 19.0 Å². The van der Waals surface area contributed by atoms with E-state index in [0.29, 0.717) is 39.8 Å². The largest absolute Gasteiger partial charge is 0.349 e. The molecular weight excluding hydrogens is 436 g/mol. The summed E-state index contributed by atoms with van der Waals surface area (Å²) in [5.74, 6) is 0.0671. The minimum Gasteiger partial charge on any atom is -0.349 e. The first-order valence-electron chi connectivity index (χ1n) is 11.2. The lowest BCUT2D eigenvalue weighted by atomic mass is 10.1. The van der Waals surface area contributed by atoms with E-state index in [9.17, 15) is 14.4 Å². The Morgan fingerprint density at radius 2 is 1.85 bits per heavy atom. The van der Waals surface area contributed by atoms with E-state index >= 15 is 0 Å². The average Bonchev–Trinajstić information content (AvgIpc) is 3.61. The molecule has 0 atom stereocenters. The lowest BCUT2D eigenvalue weighted by molar-refractivity contribution is -0.113. The molecule has 33 heavy (non-hydrogen) atoms. The van der Waals surface area contributed by atoms with E-state index in [0.717, 1.165) is 19.3 Å². The first-order chi connectivity index (χ1) is 15.9. The Bertz CT molecular complexity index is 1230. The highest BCUT2D eigenvalue weighted by molar-refractivity contribution is 7.99. The van der Waals surface area contributed by atoms with Gasteiger partial charge in [-0.15, -0.1) is 0 Å². The maximum absolute atomic E-state index is 13.1. The Kier molecular flexibility index (Phi) is 7.13. The molecule has 0 unspecified atom stereocenters. The van der Waals surface area contributed by atoms with Crippen molar-refractivity contribution in [2.75, 3.05) is 11.1 Å². The maximum atomic E-state index is 13.1. The molecule has 1 aliphatic carbocycles. The standard InChI is InChI=1S/C25H28N4O3S/c1-16(2)13-14-29-24(32)19-8-4-6-10-21(19)28-25(29)33-15-22(30)27-20-9-5-3-7-18(20)23(31)26-17-11-12-17/h3-10,16-17H,11-15H2,1-2H3,(H,26,31)(H,27,30). The molecule has 1 aromatic heterocycles. The molecule has 0 spiro atoms. The summed E-state index contributed by atoms with van der Waals surface area (Å²) in [6.07, 6.45) is 2.82. The summed E-state index contributed by atoms with van der Waals surface area (Å²) in [6, 6.07) is 14.5. The predicted octanol–water partition coefficient (Wildman–Crippen LogP) is 4.07. The average molecular weight is 465 g/mol. The molecule has 2 aromatic carbocycles. The van der Waals surface area contributed by atoms with Crippen LogP contribution in [-0.2, 0) is 11.3 Å². The van der Waals surface area contributed by atoms with Crippen molar-refractivity contribution < 1.29 is 9.59 Å². The van der Waals surface area contributed by atoms with Gasteiger partial charge in [0.05, 0.1) is 27.9 Å². The highest BCUT2D eigenvalue weighted by Crippen LogP contribution is 2.23. The third-order valence-corrected chi connectivity index (χ3v) is 6.42. The van der Waals surface area contributed by atoms with Gasteiger partial charge in [0.1, 0.15) is 0 Å². The van der Waals surface area contributed by atoms with Gasteiger partial charge in [-0.1, -0.05) is 49.9 Å². The lowest BCUT2D eigenvalue weighted by Gasteiger charge is -2.14. The zero-order chi connectivity index (χ0) is 23.4.